The van der Waals surface area contributed by atoms with Crippen LogP contribution in [0, 0.1) is 6.92 Å². The van der Waals surface area contributed by atoms with Crippen LogP contribution in [0.15, 0.2) is 37.1 Å². The standard InChI is InChI=1S/C25H29N7O/c1-17-21(14-27-16-28-17)25(33)32-12-4-2-3-8-19(15-32)29-24-20-9-5-10-22(20)30-23(31-24)18-7-6-11-26-13-18/h6-7,11,13-14,16,19H,2-5,8-10,12,15H2,1H3,(H,29,30,31). The van der Waals surface area contributed by atoms with Gasteiger partial charge in [-0.25, -0.2) is 19.9 Å². The van der Waals surface area contributed by atoms with Gasteiger partial charge in [0.2, 0.25) is 0 Å². The second-order valence-electron chi connectivity index (χ2n) is 8.88. The van der Waals surface area contributed by atoms with E-state index >= 15 is 0 Å². The lowest BCUT2D eigenvalue weighted by Gasteiger charge is -2.31. The minimum absolute atomic E-state index is 0.00534. The zero-order valence-electron chi connectivity index (χ0n) is 19.0. The Bertz CT molecular complexity index is 1130. The highest BCUT2D eigenvalue weighted by Gasteiger charge is 2.26. The van der Waals surface area contributed by atoms with E-state index in [-0.39, 0.29) is 11.9 Å². The number of fused-ring (bicyclic) bond motifs is 1. The van der Waals surface area contributed by atoms with E-state index in [4.69, 9.17) is 9.97 Å². The van der Waals surface area contributed by atoms with Gasteiger partial charge in [0.05, 0.1) is 11.3 Å². The van der Waals surface area contributed by atoms with E-state index < -0.39 is 0 Å². The molecule has 1 amide bonds. The average molecular weight is 444 g/mol. The number of carbonyl (C=O) groups is 1. The molecule has 5 rings (SSSR count). The van der Waals surface area contributed by atoms with Crippen molar-refractivity contribution in [2.45, 2.75) is 57.9 Å². The summed E-state index contributed by atoms with van der Waals surface area (Å²) in [6, 6.07) is 4.03. The molecule has 0 aromatic carbocycles. The van der Waals surface area contributed by atoms with Gasteiger partial charge in [-0.05, 0) is 51.2 Å². The largest absolute Gasteiger partial charge is 0.365 e. The number of aromatic nitrogens is 5. The second-order valence-corrected chi connectivity index (χ2v) is 8.88. The van der Waals surface area contributed by atoms with Gasteiger partial charge in [0.25, 0.3) is 5.91 Å². The number of amides is 1. The second kappa shape index (κ2) is 9.60. The summed E-state index contributed by atoms with van der Waals surface area (Å²) >= 11 is 0. The van der Waals surface area contributed by atoms with Gasteiger partial charge in [0.15, 0.2) is 5.82 Å². The Hall–Kier alpha value is -3.42. The van der Waals surface area contributed by atoms with Crippen LogP contribution in [0.5, 0.6) is 0 Å². The summed E-state index contributed by atoms with van der Waals surface area (Å²) in [5, 5.41) is 3.71. The van der Waals surface area contributed by atoms with E-state index in [0.717, 1.165) is 74.3 Å². The fraction of sp³-hybridized carbons (Fsp3) is 0.440. The van der Waals surface area contributed by atoms with Gasteiger partial charge in [0.1, 0.15) is 12.1 Å². The van der Waals surface area contributed by atoms with Crippen LogP contribution in [-0.2, 0) is 12.8 Å². The fourth-order valence-corrected chi connectivity index (χ4v) is 4.76. The number of hydrogen-bond acceptors (Lipinski definition) is 7. The predicted octanol–water partition coefficient (Wildman–Crippen LogP) is 3.62. The Labute approximate surface area is 193 Å². The Morgan fingerprint density at radius 1 is 1.09 bits per heavy atom. The molecule has 1 aliphatic carbocycles. The third-order valence-corrected chi connectivity index (χ3v) is 6.54. The monoisotopic (exact) mass is 443 g/mol. The molecule has 4 heterocycles. The Morgan fingerprint density at radius 3 is 2.88 bits per heavy atom. The van der Waals surface area contributed by atoms with Crippen molar-refractivity contribution in [2.75, 3.05) is 18.4 Å². The molecule has 0 bridgehead atoms. The molecule has 1 saturated heterocycles. The van der Waals surface area contributed by atoms with Crippen LogP contribution in [0.25, 0.3) is 11.4 Å². The summed E-state index contributed by atoms with van der Waals surface area (Å²) in [6.45, 7) is 3.24. The number of anilines is 1. The number of hydrogen-bond donors (Lipinski definition) is 1. The lowest BCUT2D eigenvalue weighted by Crippen LogP contribution is -2.42. The maximum absolute atomic E-state index is 13.3. The van der Waals surface area contributed by atoms with E-state index in [1.165, 1.54) is 11.9 Å². The van der Waals surface area contributed by atoms with Crippen LogP contribution in [0.3, 0.4) is 0 Å². The van der Waals surface area contributed by atoms with Gasteiger partial charge in [-0.15, -0.1) is 0 Å². The molecule has 0 spiro atoms. The highest BCUT2D eigenvalue weighted by molar-refractivity contribution is 5.95. The third-order valence-electron chi connectivity index (χ3n) is 6.54. The molecule has 170 valence electrons. The van der Waals surface area contributed by atoms with Gasteiger partial charge in [0, 0.05) is 54.5 Å². The summed E-state index contributed by atoms with van der Waals surface area (Å²) in [6.07, 6.45) is 14.0. The van der Waals surface area contributed by atoms with Crippen LogP contribution in [0.2, 0.25) is 0 Å². The number of nitrogens with zero attached hydrogens (tertiary/aromatic N) is 6. The van der Waals surface area contributed by atoms with Crippen LogP contribution >= 0.6 is 0 Å². The first-order chi connectivity index (χ1) is 16.2. The predicted molar refractivity (Wildman–Crippen MR) is 126 cm³/mol. The van der Waals surface area contributed by atoms with Crippen LogP contribution in [0.1, 0.15) is 59.4 Å². The molecule has 0 radical (unpaired) electrons. The highest BCUT2D eigenvalue weighted by atomic mass is 16.2. The van der Waals surface area contributed by atoms with Crippen molar-refractivity contribution in [2.24, 2.45) is 0 Å². The van der Waals surface area contributed by atoms with Gasteiger partial charge >= 0.3 is 0 Å². The normalized spacial score (nSPS) is 18.3. The van der Waals surface area contributed by atoms with E-state index in [1.807, 2.05) is 24.0 Å². The molecule has 2 aliphatic rings. The zero-order valence-corrected chi connectivity index (χ0v) is 19.0. The summed E-state index contributed by atoms with van der Waals surface area (Å²) < 4.78 is 0. The number of pyridine rings is 1. The Morgan fingerprint density at radius 2 is 2.03 bits per heavy atom. The van der Waals surface area contributed by atoms with Gasteiger partial charge in [-0.1, -0.05) is 12.8 Å². The van der Waals surface area contributed by atoms with Crippen molar-refractivity contribution < 1.29 is 4.79 Å². The van der Waals surface area contributed by atoms with Crippen molar-refractivity contribution in [3.8, 4) is 11.4 Å². The molecule has 33 heavy (non-hydrogen) atoms. The molecule has 1 N–H and O–H groups in total. The molecule has 8 nitrogen and oxygen atoms in total. The van der Waals surface area contributed by atoms with E-state index in [0.29, 0.717) is 17.9 Å². The van der Waals surface area contributed by atoms with E-state index in [1.54, 1.807) is 18.6 Å². The molecule has 8 heteroatoms. The van der Waals surface area contributed by atoms with Crippen molar-refractivity contribution in [1.29, 1.82) is 0 Å². The molecule has 3 aromatic heterocycles. The Balaban J connectivity index is 1.41. The summed E-state index contributed by atoms with van der Waals surface area (Å²) in [5.41, 5.74) is 4.57. The van der Waals surface area contributed by atoms with Gasteiger partial charge < -0.3 is 10.2 Å². The lowest BCUT2D eigenvalue weighted by molar-refractivity contribution is 0.0734. The number of likely N-dealkylation sites (tertiary alicyclic amines) is 1. The molecular weight excluding hydrogens is 414 g/mol. The minimum Gasteiger partial charge on any atom is -0.365 e. The van der Waals surface area contributed by atoms with Crippen LogP contribution in [-0.4, -0.2) is 54.9 Å². The van der Waals surface area contributed by atoms with Crippen molar-refractivity contribution in [1.82, 2.24) is 29.8 Å². The molecule has 1 atom stereocenters. The van der Waals surface area contributed by atoms with Gasteiger partial charge in [-0.2, -0.15) is 0 Å². The van der Waals surface area contributed by atoms with E-state index in [9.17, 15) is 4.79 Å². The van der Waals surface area contributed by atoms with Crippen LogP contribution in [0.4, 0.5) is 5.82 Å². The summed E-state index contributed by atoms with van der Waals surface area (Å²) in [7, 11) is 0. The molecule has 3 aromatic rings. The first-order valence-corrected chi connectivity index (χ1v) is 11.8. The Kier molecular flexibility index (Phi) is 6.24. The molecule has 1 unspecified atom stereocenters. The van der Waals surface area contributed by atoms with Crippen molar-refractivity contribution in [3.05, 3.63) is 59.6 Å². The van der Waals surface area contributed by atoms with E-state index in [2.05, 4.69) is 20.3 Å². The zero-order chi connectivity index (χ0) is 22.6. The minimum atomic E-state index is 0.00534. The molecule has 0 saturated carbocycles. The molecule has 1 fully saturated rings. The summed E-state index contributed by atoms with van der Waals surface area (Å²) in [4.78, 5) is 37.5. The fourth-order valence-electron chi connectivity index (χ4n) is 4.76. The van der Waals surface area contributed by atoms with Crippen molar-refractivity contribution in [3.63, 3.8) is 0 Å². The average Bonchev–Trinajstić information content (AvgIpc) is 3.30. The molecular formula is C25H29N7O. The van der Waals surface area contributed by atoms with Gasteiger partial charge in [-0.3, -0.25) is 9.78 Å². The maximum Gasteiger partial charge on any atom is 0.257 e. The number of carbonyl (C=O) groups excluding carboxylic acids is 1. The third kappa shape index (κ3) is 4.69. The van der Waals surface area contributed by atoms with Crippen LogP contribution < -0.4 is 5.32 Å². The smallest absolute Gasteiger partial charge is 0.257 e. The van der Waals surface area contributed by atoms with Crippen molar-refractivity contribution >= 4 is 11.7 Å². The molecule has 1 aliphatic heterocycles. The number of aryl methyl sites for hydroxylation is 2. The highest BCUT2D eigenvalue weighted by Crippen LogP contribution is 2.30. The maximum atomic E-state index is 13.3. The lowest BCUT2D eigenvalue weighted by atomic mass is 10.0. The first kappa shape index (κ1) is 21.4. The summed E-state index contributed by atoms with van der Waals surface area (Å²) in [5.74, 6) is 1.63. The first-order valence-electron chi connectivity index (χ1n) is 11.8. The SMILES string of the molecule is Cc1ncncc1C(=O)N1CCCCCC(Nc2nc(-c3cccnc3)nc3c2CCC3)C1. The quantitative estimate of drug-likeness (QED) is 0.658. The topological polar surface area (TPSA) is 96.8 Å². The number of nitrogens with one attached hydrogen (secondary N) is 1. The number of rotatable bonds is 4.